The number of ether oxygens (including phenoxy) is 3. The van der Waals surface area contributed by atoms with Crippen LogP contribution < -0.4 is 14.2 Å². The lowest BCUT2D eigenvalue weighted by molar-refractivity contribution is 0.0796. The number of methoxy groups -OCH3 is 2. The minimum Gasteiger partial charge on any atom is -0.493 e. The summed E-state index contributed by atoms with van der Waals surface area (Å²) in [6.07, 6.45) is 0.720. The predicted molar refractivity (Wildman–Crippen MR) is 113 cm³/mol. The fourth-order valence-corrected chi connectivity index (χ4v) is 2.95. The molecule has 0 aliphatic rings. The molecule has 0 atom stereocenters. The predicted octanol–water partition coefficient (Wildman–Crippen LogP) is 4.81. The number of carbonyl (C=O) groups excluding carboxylic acids is 1. The van der Waals surface area contributed by atoms with E-state index >= 15 is 0 Å². The standard InChI is InChI=1S/C24H25NO4/c1-25(16-15-18-9-14-22(27-2)23(17-18)28-3)24(26)19-10-12-21(13-11-19)29-20-7-5-4-6-8-20/h4-14,17H,15-16H2,1-3H3. The van der Waals surface area contributed by atoms with Crippen LogP contribution in [0.3, 0.4) is 0 Å². The molecule has 0 aliphatic carbocycles. The molecule has 3 rings (SSSR count). The second-order valence-electron chi connectivity index (χ2n) is 6.61. The second kappa shape index (κ2) is 9.64. The number of likely N-dealkylation sites (N-methyl/N-ethyl adjacent to an activating group) is 1. The molecular weight excluding hydrogens is 366 g/mol. The molecule has 0 fully saturated rings. The van der Waals surface area contributed by atoms with Crippen molar-refractivity contribution in [2.24, 2.45) is 0 Å². The Labute approximate surface area is 171 Å². The van der Waals surface area contributed by atoms with Gasteiger partial charge in [-0.2, -0.15) is 0 Å². The first-order valence-electron chi connectivity index (χ1n) is 9.40. The van der Waals surface area contributed by atoms with Gasteiger partial charge in [-0.05, 0) is 60.5 Å². The third-order valence-electron chi connectivity index (χ3n) is 4.61. The molecule has 29 heavy (non-hydrogen) atoms. The van der Waals surface area contributed by atoms with Crippen LogP contribution in [0.25, 0.3) is 0 Å². The van der Waals surface area contributed by atoms with Crippen molar-refractivity contribution in [3.63, 3.8) is 0 Å². The number of hydrogen-bond donors (Lipinski definition) is 0. The largest absolute Gasteiger partial charge is 0.493 e. The van der Waals surface area contributed by atoms with Crippen LogP contribution in [-0.2, 0) is 6.42 Å². The minimum atomic E-state index is -0.0308. The quantitative estimate of drug-likeness (QED) is 0.553. The summed E-state index contributed by atoms with van der Waals surface area (Å²) < 4.78 is 16.4. The molecule has 0 saturated carbocycles. The van der Waals surface area contributed by atoms with Gasteiger partial charge in [0.2, 0.25) is 0 Å². The Kier molecular flexibility index (Phi) is 6.74. The molecule has 0 N–H and O–H groups in total. The van der Waals surface area contributed by atoms with E-state index in [-0.39, 0.29) is 5.91 Å². The summed E-state index contributed by atoms with van der Waals surface area (Å²) in [5, 5.41) is 0. The zero-order chi connectivity index (χ0) is 20.6. The molecule has 0 radical (unpaired) electrons. The molecule has 3 aromatic carbocycles. The maximum atomic E-state index is 12.7. The van der Waals surface area contributed by atoms with E-state index in [4.69, 9.17) is 14.2 Å². The van der Waals surface area contributed by atoms with Crippen LogP contribution in [0.1, 0.15) is 15.9 Å². The fourth-order valence-electron chi connectivity index (χ4n) is 2.95. The van der Waals surface area contributed by atoms with Gasteiger partial charge in [-0.15, -0.1) is 0 Å². The summed E-state index contributed by atoms with van der Waals surface area (Å²) in [4.78, 5) is 14.4. The van der Waals surface area contributed by atoms with E-state index in [0.29, 0.717) is 29.4 Å². The molecule has 150 valence electrons. The molecule has 1 amide bonds. The van der Waals surface area contributed by atoms with Gasteiger partial charge in [0.15, 0.2) is 11.5 Å². The number of rotatable bonds is 8. The molecule has 0 spiro atoms. The Bertz CT molecular complexity index is 939. The molecule has 0 aliphatic heterocycles. The van der Waals surface area contributed by atoms with E-state index in [9.17, 15) is 4.79 Å². The van der Waals surface area contributed by atoms with Gasteiger partial charge >= 0.3 is 0 Å². The lowest BCUT2D eigenvalue weighted by Gasteiger charge is -2.18. The first kappa shape index (κ1) is 20.3. The fraction of sp³-hybridized carbons (Fsp3) is 0.208. The van der Waals surface area contributed by atoms with Crippen LogP contribution in [0.5, 0.6) is 23.0 Å². The Morgan fingerprint density at radius 2 is 1.48 bits per heavy atom. The average molecular weight is 391 g/mol. The van der Waals surface area contributed by atoms with E-state index in [0.717, 1.165) is 17.7 Å². The van der Waals surface area contributed by atoms with Crippen molar-refractivity contribution in [2.75, 3.05) is 27.8 Å². The molecule has 0 heterocycles. The van der Waals surface area contributed by atoms with Crippen LogP contribution in [-0.4, -0.2) is 38.6 Å². The number of para-hydroxylation sites is 1. The molecule has 3 aromatic rings. The van der Waals surface area contributed by atoms with Crippen molar-refractivity contribution in [1.82, 2.24) is 4.90 Å². The maximum Gasteiger partial charge on any atom is 0.253 e. The first-order valence-corrected chi connectivity index (χ1v) is 9.40. The third kappa shape index (κ3) is 5.29. The summed E-state index contributed by atoms with van der Waals surface area (Å²) in [6, 6.07) is 22.5. The van der Waals surface area contributed by atoms with Crippen LogP contribution >= 0.6 is 0 Å². The molecular formula is C24H25NO4. The zero-order valence-electron chi connectivity index (χ0n) is 16.9. The van der Waals surface area contributed by atoms with Crippen molar-refractivity contribution in [3.8, 4) is 23.0 Å². The first-order chi connectivity index (χ1) is 14.1. The van der Waals surface area contributed by atoms with Gasteiger partial charge in [-0.25, -0.2) is 0 Å². The van der Waals surface area contributed by atoms with Crippen molar-refractivity contribution >= 4 is 5.91 Å². The van der Waals surface area contributed by atoms with Gasteiger partial charge in [-0.1, -0.05) is 24.3 Å². The van der Waals surface area contributed by atoms with Crippen molar-refractivity contribution in [3.05, 3.63) is 83.9 Å². The molecule has 0 saturated heterocycles. The smallest absolute Gasteiger partial charge is 0.253 e. The second-order valence-corrected chi connectivity index (χ2v) is 6.61. The summed E-state index contributed by atoms with van der Waals surface area (Å²) in [7, 11) is 5.03. The van der Waals surface area contributed by atoms with E-state index in [1.807, 2.05) is 60.7 Å². The summed E-state index contributed by atoms with van der Waals surface area (Å²) in [5.74, 6) is 2.81. The maximum absolute atomic E-state index is 12.7. The number of amides is 1. The van der Waals surface area contributed by atoms with Crippen LogP contribution in [0.4, 0.5) is 0 Å². The summed E-state index contributed by atoms with van der Waals surface area (Å²) >= 11 is 0. The number of carbonyl (C=O) groups is 1. The van der Waals surface area contributed by atoms with E-state index in [1.165, 1.54) is 0 Å². The topological polar surface area (TPSA) is 48.0 Å². The van der Waals surface area contributed by atoms with Crippen molar-refractivity contribution < 1.29 is 19.0 Å². The van der Waals surface area contributed by atoms with Gasteiger partial charge < -0.3 is 19.1 Å². The number of nitrogens with zero attached hydrogens (tertiary/aromatic N) is 1. The van der Waals surface area contributed by atoms with E-state index in [1.54, 1.807) is 38.3 Å². The highest BCUT2D eigenvalue weighted by molar-refractivity contribution is 5.94. The zero-order valence-corrected chi connectivity index (χ0v) is 16.9. The third-order valence-corrected chi connectivity index (χ3v) is 4.61. The Hall–Kier alpha value is -3.47. The highest BCUT2D eigenvalue weighted by Gasteiger charge is 2.13. The SMILES string of the molecule is COc1ccc(CCN(C)C(=O)c2ccc(Oc3ccccc3)cc2)cc1OC. The van der Waals surface area contributed by atoms with Gasteiger partial charge in [0.05, 0.1) is 14.2 Å². The normalized spacial score (nSPS) is 10.3. The van der Waals surface area contributed by atoms with Gasteiger partial charge in [0.25, 0.3) is 5.91 Å². The lowest BCUT2D eigenvalue weighted by atomic mass is 10.1. The van der Waals surface area contributed by atoms with Crippen molar-refractivity contribution in [1.29, 1.82) is 0 Å². The highest BCUT2D eigenvalue weighted by Crippen LogP contribution is 2.28. The Balaban J connectivity index is 1.58. The molecule has 5 heteroatoms. The van der Waals surface area contributed by atoms with E-state index < -0.39 is 0 Å². The van der Waals surface area contributed by atoms with Gasteiger partial charge in [0, 0.05) is 19.2 Å². The van der Waals surface area contributed by atoms with E-state index in [2.05, 4.69) is 0 Å². The number of hydrogen-bond acceptors (Lipinski definition) is 4. The minimum absolute atomic E-state index is 0.0308. The van der Waals surface area contributed by atoms with Crippen LogP contribution in [0, 0.1) is 0 Å². The summed E-state index contributed by atoms with van der Waals surface area (Å²) in [5.41, 5.74) is 1.70. The highest BCUT2D eigenvalue weighted by atomic mass is 16.5. The Morgan fingerprint density at radius 1 is 0.828 bits per heavy atom. The lowest BCUT2D eigenvalue weighted by Crippen LogP contribution is -2.28. The molecule has 5 nitrogen and oxygen atoms in total. The molecule has 0 unspecified atom stereocenters. The summed E-state index contributed by atoms with van der Waals surface area (Å²) in [6.45, 7) is 0.594. The van der Waals surface area contributed by atoms with Crippen LogP contribution in [0.2, 0.25) is 0 Å². The molecule has 0 aromatic heterocycles. The number of benzene rings is 3. The molecule has 0 bridgehead atoms. The van der Waals surface area contributed by atoms with Gasteiger partial charge in [-0.3, -0.25) is 4.79 Å². The van der Waals surface area contributed by atoms with Crippen molar-refractivity contribution in [2.45, 2.75) is 6.42 Å². The Morgan fingerprint density at radius 3 is 2.14 bits per heavy atom. The average Bonchev–Trinajstić information content (AvgIpc) is 2.78. The van der Waals surface area contributed by atoms with Gasteiger partial charge in [0.1, 0.15) is 11.5 Å². The monoisotopic (exact) mass is 391 g/mol. The van der Waals surface area contributed by atoms with Crippen LogP contribution in [0.15, 0.2) is 72.8 Å².